The summed E-state index contributed by atoms with van der Waals surface area (Å²) in [7, 11) is 1.64. The number of nitrogens with one attached hydrogen (secondary N) is 1. The molecule has 0 saturated carbocycles. The third-order valence-corrected chi connectivity index (χ3v) is 3.03. The maximum atomic E-state index is 12.1. The lowest BCUT2D eigenvalue weighted by molar-refractivity contribution is -0.136. The number of methoxy groups -OCH3 is 1. The van der Waals surface area contributed by atoms with Gasteiger partial charge in [0, 0.05) is 20.1 Å². The van der Waals surface area contributed by atoms with E-state index in [0.29, 0.717) is 19.6 Å². The molecule has 0 aromatic heterocycles. The number of ether oxygens (including phenoxy) is 1. The molecule has 0 spiro atoms. The first kappa shape index (κ1) is 14.0. The zero-order valence-corrected chi connectivity index (χ0v) is 10.9. The molecule has 1 rings (SSSR count). The molecular formula is C12H22N2O3. The number of carbonyl (C=O) groups is 2. The first-order valence-electron chi connectivity index (χ1n) is 6.19. The molecule has 5 nitrogen and oxygen atoms in total. The van der Waals surface area contributed by atoms with E-state index >= 15 is 0 Å². The number of hydrogen-bond acceptors (Lipinski definition) is 3. The van der Waals surface area contributed by atoms with E-state index in [4.69, 9.17) is 4.74 Å². The topological polar surface area (TPSA) is 58.6 Å². The second kappa shape index (κ2) is 6.59. The number of carbonyl (C=O) groups excluding carboxylic acids is 2. The number of nitrogens with zero attached hydrogens (tertiary/aromatic N) is 1. The van der Waals surface area contributed by atoms with Crippen molar-refractivity contribution >= 4 is 11.8 Å². The molecule has 1 heterocycles. The number of hydrogen-bond donors (Lipinski definition) is 1. The highest BCUT2D eigenvalue weighted by Crippen LogP contribution is 2.13. The summed E-state index contributed by atoms with van der Waals surface area (Å²) in [5, 5.41) is 2.69. The van der Waals surface area contributed by atoms with Crippen molar-refractivity contribution in [2.45, 2.75) is 45.2 Å². The van der Waals surface area contributed by atoms with Gasteiger partial charge in [0.1, 0.15) is 6.04 Å². The SMILES string of the molecule is CCCC(COC)N1CCC(=O)NC(C)C1=O. The molecule has 2 amide bonds. The van der Waals surface area contributed by atoms with Gasteiger partial charge in [0.2, 0.25) is 11.8 Å². The van der Waals surface area contributed by atoms with E-state index in [2.05, 4.69) is 12.2 Å². The van der Waals surface area contributed by atoms with E-state index in [-0.39, 0.29) is 17.9 Å². The van der Waals surface area contributed by atoms with Gasteiger partial charge < -0.3 is 15.0 Å². The zero-order valence-electron chi connectivity index (χ0n) is 10.9. The summed E-state index contributed by atoms with van der Waals surface area (Å²) < 4.78 is 5.16. The molecule has 0 aromatic carbocycles. The Morgan fingerprint density at radius 3 is 2.82 bits per heavy atom. The Balaban J connectivity index is 2.76. The molecule has 1 fully saturated rings. The summed E-state index contributed by atoms with van der Waals surface area (Å²) in [6.07, 6.45) is 2.27. The van der Waals surface area contributed by atoms with E-state index < -0.39 is 6.04 Å². The number of amides is 2. The molecule has 5 heteroatoms. The molecule has 0 bridgehead atoms. The monoisotopic (exact) mass is 242 g/mol. The van der Waals surface area contributed by atoms with E-state index in [1.165, 1.54) is 0 Å². The Bertz CT molecular complexity index is 275. The van der Waals surface area contributed by atoms with Crippen LogP contribution in [0.25, 0.3) is 0 Å². The predicted octanol–water partition coefficient (Wildman–Crippen LogP) is 0.539. The minimum Gasteiger partial charge on any atom is -0.383 e. The van der Waals surface area contributed by atoms with Gasteiger partial charge in [0.05, 0.1) is 12.6 Å². The fraction of sp³-hybridized carbons (Fsp3) is 0.833. The van der Waals surface area contributed by atoms with Crippen molar-refractivity contribution in [3.8, 4) is 0 Å². The quantitative estimate of drug-likeness (QED) is 0.765. The first-order chi connectivity index (χ1) is 8.10. The molecular weight excluding hydrogens is 220 g/mol. The zero-order chi connectivity index (χ0) is 12.8. The fourth-order valence-corrected chi connectivity index (χ4v) is 2.17. The van der Waals surface area contributed by atoms with Gasteiger partial charge in [-0.3, -0.25) is 9.59 Å². The maximum absolute atomic E-state index is 12.1. The average molecular weight is 242 g/mol. The average Bonchev–Trinajstić information content (AvgIpc) is 2.40. The molecule has 1 aliphatic heterocycles. The third-order valence-electron chi connectivity index (χ3n) is 3.03. The molecule has 17 heavy (non-hydrogen) atoms. The van der Waals surface area contributed by atoms with Crippen molar-refractivity contribution < 1.29 is 14.3 Å². The van der Waals surface area contributed by atoms with Crippen molar-refractivity contribution in [1.82, 2.24) is 10.2 Å². The lowest BCUT2D eigenvalue weighted by Gasteiger charge is -2.31. The largest absolute Gasteiger partial charge is 0.383 e. The van der Waals surface area contributed by atoms with Gasteiger partial charge in [-0.2, -0.15) is 0 Å². The van der Waals surface area contributed by atoms with E-state index in [0.717, 1.165) is 12.8 Å². The van der Waals surface area contributed by atoms with Gasteiger partial charge in [-0.1, -0.05) is 13.3 Å². The maximum Gasteiger partial charge on any atom is 0.245 e. The van der Waals surface area contributed by atoms with Crippen LogP contribution in [0.4, 0.5) is 0 Å². The van der Waals surface area contributed by atoms with Crippen LogP contribution in [-0.2, 0) is 14.3 Å². The molecule has 0 aromatic rings. The Labute approximate surface area is 102 Å². The minimum absolute atomic E-state index is 0.00801. The van der Waals surface area contributed by atoms with Gasteiger partial charge in [0.25, 0.3) is 0 Å². The molecule has 1 saturated heterocycles. The molecule has 1 N–H and O–H groups in total. The van der Waals surface area contributed by atoms with Gasteiger partial charge >= 0.3 is 0 Å². The van der Waals surface area contributed by atoms with Crippen LogP contribution in [-0.4, -0.2) is 49.1 Å². The summed E-state index contributed by atoms with van der Waals surface area (Å²) >= 11 is 0. The normalized spacial score (nSPS) is 23.2. The molecule has 2 atom stereocenters. The molecule has 1 aliphatic rings. The first-order valence-corrected chi connectivity index (χ1v) is 6.19. The summed E-state index contributed by atoms with van der Waals surface area (Å²) in [6, 6.07) is -0.353. The van der Waals surface area contributed by atoms with Crippen molar-refractivity contribution in [3.63, 3.8) is 0 Å². The van der Waals surface area contributed by atoms with Crippen LogP contribution in [0.1, 0.15) is 33.1 Å². The smallest absolute Gasteiger partial charge is 0.245 e. The lowest BCUT2D eigenvalue weighted by atomic mass is 10.1. The van der Waals surface area contributed by atoms with Gasteiger partial charge in [-0.25, -0.2) is 0 Å². The van der Waals surface area contributed by atoms with Crippen LogP contribution >= 0.6 is 0 Å². The van der Waals surface area contributed by atoms with Crippen LogP contribution < -0.4 is 5.32 Å². The fourth-order valence-electron chi connectivity index (χ4n) is 2.17. The third kappa shape index (κ3) is 3.70. The Morgan fingerprint density at radius 1 is 1.53 bits per heavy atom. The Morgan fingerprint density at radius 2 is 2.24 bits per heavy atom. The van der Waals surface area contributed by atoms with Gasteiger partial charge in [0.15, 0.2) is 0 Å². The van der Waals surface area contributed by atoms with Crippen LogP contribution in [0.15, 0.2) is 0 Å². The summed E-state index contributed by atoms with van der Waals surface area (Å²) in [4.78, 5) is 25.3. The second-order valence-corrected chi connectivity index (χ2v) is 4.47. The van der Waals surface area contributed by atoms with Crippen molar-refractivity contribution in [2.24, 2.45) is 0 Å². The van der Waals surface area contributed by atoms with Crippen molar-refractivity contribution in [2.75, 3.05) is 20.3 Å². The standard InChI is InChI=1S/C12H22N2O3/c1-4-5-10(8-17-3)14-7-6-11(15)13-9(2)12(14)16/h9-10H,4-8H2,1-3H3,(H,13,15). The van der Waals surface area contributed by atoms with Crippen LogP contribution in [0, 0.1) is 0 Å². The summed E-state index contributed by atoms with van der Waals surface area (Å²) in [5.41, 5.74) is 0. The molecule has 0 aliphatic carbocycles. The Hall–Kier alpha value is -1.10. The van der Waals surface area contributed by atoms with Crippen LogP contribution in [0.5, 0.6) is 0 Å². The summed E-state index contributed by atoms with van der Waals surface area (Å²) in [6.45, 7) is 4.83. The van der Waals surface area contributed by atoms with Gasteiger partial charge in [-0.15, -0.1) is 0 Å². The molecule has 2 unspecified atom stereocenters. The van der Waals surface area contributed by atoms with Crippen molar-refractivity contribution in [3.05, 3.63) is 0 Å². The highest BCUT2D eigenvalue weighted by atomic mass is 16.5. The van der Waals surface area contributed by atoms with E-state index in [9.17, 15) is 9.59 Å². The Kier molecular flexibility index (Phi) is 5.41. The molecule has 98 valence electrons. The highest BCUT2D eigenvalue weighted by Gasteiger charge is 2.30. The minimum atomic E-state index is -0.429. The van der Waals surface area contributed by atoms with Crippen LogP contribution in [0.3, 0.4) is 0 Å². The second-order valence-electron chi connectivity index (χ2n) is 4.47. The summed E-state index contributed by atoms with van der Waals surface area (Å²) in [5.74, 6) is -0.0626. The predicted molar refractivity (Wildman–Crippen MR) is 64.5 cm³/mol. The van der Waals surface area contributed by atoms with Crippen molar-refractivity contribution in [1.29, 1.82) is 0 Å². The van der Waals surface area contributed by atoms with E-state index in [1.807, 2.05) is 0 Å². The lowest BCUT2D eigenvalue weighted by Crippen LogP contribution is -2.48. The molecule has 0 radical (unpaired) electrons. The highest BCUT2D eigenvalue weighted by molar-refractivity contribution is 5.89. The van der Waals surface area contributed by atoms with Gasteiger partial charge in [-0.05, 0) is 13.3 Å². The van der Waals surface area contributed by atoms with E-state index in [1.54, 1.807) is 18.9 Å². The van der Waals surface area contributed by atoms with Crippen LogP contribution in [0.2, 0.25) is 0 Å². The number of rotatable bonds is 5.